The number of carbonyl (C=O) groups excluding carboxylic acids is 1. The Labute approximate surface area is 126 Å². The van der Waals surface area contributed by atoms with Crippen LogP contribution in [0.15, 0.2) is 36.5 Å². The van der Waals surface area contributed by atoms with Crippen LogP contribution in [0.25, 0.3) is 5.69 Å². The van der Waals surface area contributed by atoms with Crippen molar-refractivity contribution in [2.75, 3.05) is 6.54 Å². The van der Waals surface area contributed by atoms with Crippen molar-refractivity contribution in [1.29, 1.82) is 0 Å². The molecule has 0 aliphatic heterocycles. The monoisotopic (exact) mass is 285 g/mol. The molecular weight excluding hydrogens is 262 g/mol. The van der Waals surface area contributed by atoms with E-state index in [1.54, 1.807) is 6.20 Å². The number of hydrogen-bond acceptors (Lipinski definition) is 2. The SMILES string of the molecule is CC(C)CNC(=O)c1cnn(-c2ccccc2)c1C(C)C. The van der Waals surface area contributed by atoms with Crippen LogP contribution in [0.3, 0.4) is 0 Å². The van der Waals surface area contributed by atoms with Crippen molar-refractivity contribution < 1.29 is 4.79 Å². The van der Waals surface area contributed by atoms with Gasteiger partial charge in [-0.3, -0.25) is 4.79 Å². The maximum Gasteiger partial charge on any atom is 0.254 e. The van der Waals surface area contributed by atoms with Crippen molar-refractivity contribution in [3.8, 4) is 5.69 Å². The fourth-order valence-electron chi connectivity index (χ4n) is 2.26. The largest absolute Gasteiger partial charge is 0.352 e. The summed E-state index contributed by atoms with van der Waals surface area (Å²) < 4.78 is 1.86. The number of hydrogen-bond donors (Lipinski definition) is 1. The lowest BCUT2D eigenvalue weighted by atomic mass is 10.0. The van der Waals surface area contributed by atoms with Crippen LogP contribution in [0.2, 0.25) is 0 Å². The molecule has 0 aliphatic rings. The molecule has 1 aromatic carbocycles. The highest BCUT2D eigenvalue weighted by Gasteiger charge is 2.20. The second-order valence-electron chi connectivity index (χ2n) is 5.95. The van der Waals surface area contributed by atoms with Crippen molar-refractivity contribution >= 4 is 5.91 Å². The Morgan fingerprint density at radius 3 is 2.43 bits per heavy atom. The highest BCUT2D eigenvalue weighted by Crippen LogP contribution is 2.22. The van der Waals surface area contributed by atoms with Crippen LogP contribution < -0.4 is 5.32 Å². The van der Waals surface area contributed by atoms with E-state index >= 15 is 0 Å². The van der Waals surface area contributed by atoms with Crippen LogP contribution in [-0.2, 0) is 0 Å². The van der Waals surface area contributed by atoms with Crippen LogP contribution in [-0.4, -0.2) is 22.2 Å². The van der Waals surface area contributed by atoms with E-state index in [1.165, 1.54) is 0 Å². The molecule has 2 aromatic rings. The van der Waals surface area contributed by atoms with Crippen molar-refractivity contribution in [2.24, 2.45) is 5.92 Å². The summed E-state index contributed by atoms with van der Waals surface area (Å²) in [5.41, 5.74) is 2.58. The van der Waals surface area contributed by atoms with Crippen molar-refractivity contribution in [3.63, 3.8) is 0 Å². The first kappa shape index (κ1) is 15.3. The fraction of sp³-hybridized carbons (Fsp3) is 0.412. The van der Waals surface area contributed by atoms with Crippen LogP contribution in [0.4, 0.5) is 0 Å². The zero-order valence-electron chi connectivity index (χ0n) is 13.1. The molecule has 4 nitrogen and oxygen atoms in total. The molecule has 0 spiro atoms. The summed E-state index contributed by atoms with van der Waals surface area (Å²) in [5, 5.41) is 7.38. The zero-order valence-corrected chi connectivity index (χ0v) is 13.1. The molecule has 0 saturated carbocycles. The molecular formula is C17H23N3O. The van der Waals surface area contributed by atoms with Crippen molar-refractivity contribution in [3.05, 3.63) is 47.8 Å². The topological polar surface area (TPSA) is 46.9 Å². The normalized spacial score (nSPS) is 11.1. The summed E-state index contributed by atoms with van der Waals surface area (Å²) in [4.78, 5) is 12.4. The smallest absolute Gasteiger partial charge is 0.254 e. The Bertz CT molecular complexity index is 600. The van der Waals surface area contributed by atoms with Crippen molar-refractivity contribution in [2.45, 2.75) is 33.6 Å². The molecule has 1 N–H and O–H groups in total. The Morgan fingerprint density at radius 2 is 1.86 bits per heavy atom. The van der Waals surface area contributed by atoms with Gasteiger partial charge >= 0.3 is 0 Å². The minimum atomic E-state index is -0.0467. The van der Waals surface area contributed by atoms with E-state index < -0.39 is 0 Å². The minimum absolute atomic E-state index is 0.0467. The van der Waals surface area contributed by atoms with Gasteiger partial charge in [0.25, 0.3) is 5.91 Å². The van der Waals surface area contributed by atoms with E-state index in [-0.39, 0.29) is 11.8 Å². The van der Waals surface area contributed by atoms with Gasteiger partial charge in [-0.1, -0.05) is 45.9 Å². The van der Waals surface area contributed by atoms with Gasteiger partial charge in [-0.2, -0.15) is 5.10 Å². The number of nitrogens with one attached hydrogen (secondary N) is 1. The van der Waals surface area contributed by atoms with Gasteiger partial charge < -0.3 is 5.32 Å². The Hall–Kier alpha value is -2.10. The van der Waals surface area contributed by atoms with E-state index in [2.05, 4.69) is 38.1 Å². The Balaban J connectivity index is 2.36. The first-order valence-electron chi connectivity index (χ1n) is 7.42. The van der Waals surface area contributed by atoms with E-state index in [9.17, 15) is 4.79 Å². The average molecular weight is 285 g/mol. The lowest BCUT2D eigenvalue weighted by molar-refractivity contribution is 0.0947. The third-order valence-electron chi connectivity index (χ3n) is 3.27. The molecule has 4 heteroatoms. The molecule has 1 amide bonds. The van der Waals surface area contributed by atoms with Gasteiger partial charge in [0.15, 0.2) is 0 Å². The molecule has 1 aromatic heterocycles. The first-order valence-corrected chi connectivity index (χ1v) is 7.42. The van der Waals surface area contributed by atoms with Crippen molar-refractivity contribution in [1.82, 2.24) is 15.1 Å². The van der Waals surface area contributed by atoms with Crippen LogP contribution in [0.5, 0.6) is 0 Å². The maximum atomic E-state index is 12.4. The van der Waals surface area contributed by atoms with Gasteiger partial charge in [0.05, 0.1) is 23.1 Å². The van der Waals surface area contributed by atoms with Gasteiger partial charge in [-0.25, -0.2) is 4.68 Å². The molecule has 0 bridgehead atoms. The number of nitrogens with zero attached hydrogens (tertiary/aromatic N) is 2. The second-order valence-corrected chi connectivity index (χ2v) is 5.95. The lowest BCUT2D eigenvalue weighted by Crippen LogP contribution is -2.28. The molecule has 0 saturated heterocycles. The molecule has 0 aliphatic carbocycles. The molecule has 0 radical (unpaired) electrons. The highest BCUT2D eigenvalue weighted by atomic mass is 16.1. The molecule has 0 atom stereocenters. The standard InChI is InChI=1S/C17H23N3O/c1-12(2)10-18-17(21)15-11-19-20(16(15)13(3)4)14-8-6-5-7-9-14/h5-9,11-13H,10H2,1-4H3,(H,18,21). The summed E-state index contributed by atoms with van der Waals surface area (Å²) in [5.74, 6) is 0.600. The summed E-state index contributed by atoms with van der Waals surface area (Å²) in [6.07, 6.45) is 1.66. The fourth-order valence-corrected chi connectivity index (χ4v) is 2.26. The maximum absolute atomic E-state index is 12.4. The quantitative estimate of drug-likeness (QED) is 0.915. The number of aromatic nitrogens is 2. The van der Waals surface area contributed by atoms with Crippen LogP contribution >= 0.6 is 0 Å². The van der Waals surface area contributed by atoms with Crippen LogP contribution in [0, 0.1) is 5.92 Å². The summed E-state index contributed by atoms with van der Waals surface area (Å²) in [7, 11) is 0. The van der Waals surface area contributed by atoms with Gasteiger partial charge in [-0.15, -0.1) is 0 Å². The molecule has 112 valence electrons. The highest BCUT2D eigenvalue weighted by molar-refractivity contribution is 5.95. The number of rotatable bonds is 5. The predicted molar refractivity (Wildman–Crippen MR) is 84.8 cm³/mol. The Morgan fingerprint density at radius 1 is 1.19 bits per heavy atom. The molecule has 0 fully saturated rings. The molecule has 1 heterocycles. The van der Waals surface area contributed by atoms with E-state index in [4.69, 9.17) is 0 Å². The predicted octanol–water partition coefficient (Wildman–Crippen LogP) is 3.38. The lowest BCUT2D eigenvalue weighted by Gasteiger charge is -2.13. The number of carbonyl (C=O) groups is 1. The van der Waals surface area contributed by atoms with E-state index in [0.717, 1.165) is 11.4 Å². The summed E-state index contributed by atoms with van der Waals surface area (Å²) in [6.45, 7) is 8.99. The third kappa shape index (κ3) is 3.51. The second kappa shape index (κ2) is 6.57. The summed E-state index contributed by atoms with van der Waals surface area (Å²) in [6, 6.07) is 9.90. The third-order valence-corrected chi connectivity index (χ3v) is 3.27. The molecule has 0 unspecified atom stereocenters. The van der Waals surface area contributed by atoms with Gasteiger partial charge in [-0.05, 0) is 24.0 Å². The van der Waals surface area contributed by atoms with Gasteiger partial charge in [0.2, 0.25) is 0 Å². The Kier molecular flexibility index (Phi) is 4.78. The summed E-state index contributed by atoms with van der Waals surface area (Å²) >= 11 is 0. The van der Waals surface area contributed by atoms with Crippen LogP contribution in [0.1, 0.15) is 49.7 Å². The van der Waals surface area contributed by atoms with Gasteiger partial charge in [0, 0.05) is 6.54 Å². The van der Waals surface area contributed by atoms with Gasteiger partial charge in [0.1, 0.15) is 0 Å². The first-order chi connectivity index (χ1) is 10.0. The number of amides is 1. The van der Waals surface area contributed by atoms with E-state index in [0.29, 0.717) is 18.0 Å². The van der Waals surface area contributed by atoms with E-state index in [1.807, 2.05) is 35.0 Å². The molecule has 21 heavy (non-hydrogen) atoms. The zero-order chi connectivity index (χ0) is 15.4. The minimum Gasteiger partial charge on any atom is -0.352 e. The number of para-hydroxylation sites is 1. The molecule has 2 rings (SSSR count). The average Bonchev–Trinajstić information content (AvgIpc) is 2.90. The number of benzene rings is 1.